The van der Waals surface area contributed by atoms with E-state index in [1.165, 1.54) is 25.1 Å². The number of hydrogen-bond acceptors (Lipinski definition) is 10. The summed E-state index contributed by atoms with van der Waals surface area (Å²) in [6.07, 6.45) is -0.492. The lowest BCUT2D eigenvalue weighted by Gasteiger charge is -2.58. The van der Waals surface area contributed by atoms with E-state index in [1.807, 2.05) is 22.6 Å². The van der Waals surface area contributed by atoms with Gasteiger partial charge < -0.3 is 37.6 Å². The number of nitrogens with two attached hydrogens (primary N) is 3. The van der Waals surface area contributed by atoms with Crippen molar-refractivity contribution in [2.75, 3.05) is 14.1 Å². The Hall–Kier alpha value is -2.52. The Kier molecular flexibility index (Phi) is 5.01. The van der Waals surface area contributed by atoms with Crippen LogP contribution >= 0.6 is 22.6 Å². The van der Waals surface area contributed by atoms with Crippen molar-refractivity contribution in [1.29, 1.82) is 0 Å². The highest BCUT2D eigenvalue weighted by molar-refractivity contribution is 14.1. The fraction of sp³-hybridized carbons (Fsp3) is 0.381. The summed E-state index contributed by atoms with van der Waals surface area (Å²) in [5.74, 6) is -5.91. The maximum atomic E-state index is 13.5. The van der Waals surface area contributed by atoms with E-state index in [9.17, 15) is 34.8 Å². The topological polar surface area (TPSA) is 213 Å². The van der Waals surface area contributed by atoms with Crippen molar-refractivity contribution in [2.24, 2.45) is 17.2 Å². The molecule has 0 bridgehead atoms. The number of nitrogens with zero attached hydrogens (tertiary/aromatic N) is 1. The quantitative estimate of drug-likeness (QED) is 0.168. The van der Waals surface area contributed by atoms with Gasteiger partial charge in [-0.05, 0) is 67.2 Å². The SMILES string of the molecule is CN(C)[C@@H]1C(O)=C(C(N)=O)C(=O)[C@@]2(O)C(O)=C3C(=O)c4c(O)ccc(I)c4C[C@@]3(N)C[C@@]12N. The lowest BCUT2D eigenvalue weighted by molar-refractivity contribution is -0.152. The van der Waals surface area contributed by atoms with Gasteiger partial charge in [0.25, 0.3) is 5.91 Å². The number of benzene rings is 1. The Balaban J connectivity index is 2.09. The number of likely N-dealkylation sites (N-methyl/N-ethyl adjacent to an activating group) is 1. The molecular weight excluding hydrogens is 547 g/mol. The fourth-order valence-corrected chi connectivity index (χ4v) is 6.21. The molecule has 0 heterocycles. The van der Waals surface area contributed by atoms with Crippen LogP contribution in [0.2, 0.25) is 0 Å². The van der Waals surface area contributed by atoms with Crippen molar-refractivity contribution in [3.63, 3.8) is 0 Å². The molecule has 0 saturated heterocycles. The van der Waals surface area contributed by atoms with Crippen LogP contribution < -0.4 is 17.2 Å². The molecule has 4 rings (SSSR count). The van der Waals surface area contributed by atoms with Gasteiger partial charge in [-0.25, -0.2) is 0 Å². The number of phenolic OH excluding ortho intramolecular Hbond substituents is 1. The second kappa shape index (κ2) is 6.99. The highest BCUT2D eigenvalue weighted by Gasteiger charge is 2.72. The molecule has 176 valence electrons. The first-order chi connectivity index (χ1) is 15.1. The van der Waals surface area contributed by atoms with Crippen LogP contribution in [0, 0.1) is 3.57 Å². The molecule has 12 heteroatoms. The lowest BCUT2D eigenvalue weighted by Crippen LogP contribution is -2.81. The molecule has 0 fully saturated rings. The van der Waals surface area contributed by atoms with E-state index < -0.39 is 69.3 Å². The van der Waals surface area contributed by atoms with E-state index in [4.69, 9.17) is 17.2 Å². The fourth-order valence-electron chi connectivity index (χ4n) is 5.57. The van der Waals surface area contributed by atoms with E-state index in [0.717, 1.165) is 0 Å². The Morgan fingerprint density at radius 2 is 1.79 bits per heavy atom. The Bertz CT molecular complexity index is 1230. The molecule has 3 aliphatic carbocycles. The summed E-state index contributed by atoms with van der Waals surface area (Å²) in [4.78, 5) is 40.1. The third-order valence-corrected chi connectivity index (χ3v) is 7.87. The largest absolute Gasteiger partial charge is 0.510 e. The average Bonchev–Trinajstić information content (AvgIpc) is 2.67. The molecule has 4 atom stereocenters. The van der Waals surface area contributed by atoms with Crippen molar-refractivity contribution >= 4 is 40.1 Å². The molecule has 0 aliphatic heterocycles. The minimum Gasteiger partial charge on any atom is -0.510 e. The third-order valence-electron chi connectivity index (χ3n) is 6.86. The summed E-state index contributed by atoms with van der Waals surface area (Å²) in [6, 6.07) is 1.54. The summed E-state index contributed by atoms with van der Waals surface area (Å²) in [5.41, 5.74) is 10.6. The number of fused-ring (bicyclic) bond motifs is 3. The van der Waals surface area contributed by atoms with Gasteiger partial charge >= 0.3 is 0 Å². The van der Waals surface area contributed by atoms with Crippen molar-refractivity contribution in [1.82, 2.24) is 4.90 Å². The molecule has 0 spiro atoms. The number of phenols is 1. The van der Waals surface area contributed by atoms with Crippen LogP contribution in [-0.2, 0) is 16.0 Å². The number of ketones is 2. The standard InChI is InChI=1S/C21H23IN4O7/c1-26(2)15-14(29)11(18(23)32)16(30)21(33)17(31)12-13(28)10-7(8(22)3-4-9(10)27)5-19(12,24)6-20(15,21)25/h3-4,15,27,29,31,33H,5-6,24-25H2,1-2H3,(H2,23,32)/t15-,19-,20-,21-/m1/s1. The van der Waals surface area contributed by atoms with E-state index >= 15 is 0 Å². The Labute approximate surface area is 201 Å². The predicted octanol–water partition coefficient (Wildman–Crippen LogP) is -1.11. The van der Waals surface area contributed by atoms with Crippen molar-refractivity contribution in [2.45, 2.75) is 35.6 Å². The van der Waals surface area contributed by atoms with E-state index in [-0.39, 0.29) is 17.7 Å². The number of rotatable bonds is 2. The number of amides is 1. The smallest absolute Gasteiger partial charge is 0.255 e. The minimum atomic E-state index is -3.00. The van der Waals surface area contributed by atoms with Gasteiger partial charge in [-0.15, -0.1) is 0 Å². The number of aliphatic hydroxyl groups excluding tert-OH is 2. The monoisotopic (exact) mass is 570 g/mol. The first-order valence-electron chi connectivity index (χ1n) is 9.87. The van der Waals surface area contributed by atoms with Gasteiger partial charge in [0.15, 0.2) is 5.78 Å². The summed E-state index contributed by atoms with van der Waals surface area (Å²) >= 11 is 1.98. The molecule has 10 N–H and O–H groups in total. The van der Waals surface area contributed by atoms with Crippen molar-refractivity contribution in [3.8, 4) is 5.75 Å². The Morgan fingerprint density at radius 1 is 1.18 bits per heavy atom. The van der Waals surface area contributed by atoms with Crippen LogP contribution in [0.1, 0.15) is 22.3 Å². The van der Waals surface area contributed by atoms with Gasteiger partial charge in [-0.2, -0.15) is 0 Å². The second-order valence-electron chi connectivity index (χ2n) is 9.05. The van der Waals surface area contributed by atoms with Gasteiger partial charge in [0, 0.05) is 3.57 Å². The number of carbonyl (C=O) groups is 3. The summed E-state index contributed by atoms with van der Waals surface area (Å²) in [7, 11) is 2.96. The van der Waals surface area contributed by atoms with Crippen LogP contribution in [0.15, 0.2) is 34.8 Å². The lowest BCUT2D eigenvalue weighted by atomic mass is 9.52. The molecule has 0 unspecified atom stereocenters. The van der Waals surface area contributed by atoms with Crippen molar-refractivity contribution < 1.29 is 34.8 Å². The molecule has 0 saturated carbocycles. The first kappa shape index (κ1) is 23.6. The highest BCUT2D eigenvalue weighted by Crippen LogP contribution is 2.54. The van der Waals surface area contributed by atoms with Gasteiger partial charge in [0.2, 0.25) is 11.4 Å². The first-order valence-corrected chi connectivity index (χ1v) is 10.9. The van der Waals surface area contributed by atoms with Crippen LogP contribution in [0.25, 0.3) is 0 Å². The number of aromatic hydroxyl groups is 1. The van der Waals surface area contributed by atoms with E-state index in [0.29, 0.717) is 9.13 Å². The Morgan fingerprint density at radius 3 is 2.33 bits per heavy atom. The third kappa shape index (κ3) is 2.72. The zero-order chi connectivity index (χ0) is 24.8. The van der Waals surface area contributed by atoms with E-state index in [1.54, 1.807) is 6.07 Å². The van der Waals surface area contributed by atoms with Crippen LogP contribution in [-0.4, -0.2) is 79.6 Å². The number of primary amides is 1. The molecular formula is C21H23IN4O7. The van der Waals surface area contributed by atoms with Gasteiger partial charge in [-0.3, -0.25) is 19.3 Å². The molecule has 1 amide bonds. The van der Waals surface area contributed by atoms with Crippen LogP contribution in [0.3, 0.4) is 0 Å². The molecule has 0 radical (unpaired) electrons. The van der Waals surface area contributed by atoms with Gasteiger partial charge in [0.05, 0.1) is 28.3 Å². The number of halogens is 1. The number of Topliss-reactive ketones (excluding diaryl/α,β-unsaturated/α-hetero) is 2. The zero-order valence-corrected chi connectivity index (χ0v) is 19.9. The van der Waals surface area contributed by atoms with Crippen molar-refractivity contribution in [3.05, 3.63) is 49.5 Å². The predicted molar refractivity (Wildman–Crippen MR) is 123 cm³/mol. The zero-order valence-electron chi connectivity index (χ0n) is 17.7. The normalized spacial score (nSPS) is 33.7. The number of aliphatic hydroxyl groups is 3. The molecule has 1 aromatic rings. The number of carbonyl (C=O) groups excluding carboxylic acids is 3. The van der Waals surface area contributed by atoms with Gasteiger partial charge in [-0.1, -0.05) is 0 Å². The number of hydrogen-bond donors (Lipinski definition) is 7. The molecule has 33 heavy (non-hydrogen) atoms. The maximum absolute atomic E-state index is 13.5. The maximum Gasteiger partial charge on any atom is 0.255 e. The molecule has 0 aromatic heterocycles. The summed E-state index contributed by atoms with van der Waals surface area (Å²) in [6.45, 7) is 0. The highest BCUT2D eigenvalue weighted by atomic mass is 127. The molecule has 1 aromatic carbocycles. The van der Waals surface area contributed by atoms with Crippen LogP contribution in [0.5, 0.6) is 5.75 Å². The second-order valence-corrected chi connectivity index (χ2v) is 10.2. The summed E-state index contributed by atoms with van der Waals surface area (Å²) in [5, 5.41) is 44.1. The average molecular weight is 570 g/mol. The van der Waals surface area contributed by atoms with Crippen LogP contribution in [0.4, 0.5) is 0 Å². The molecule has 11 nitrogen and oxygen atoms in total. The van der Waals surface area contributed by atoms with E-state index in [2.05, 4.69) is 0 Å². The summed E-state index contributed by atoms with van der Waals surface area (Å²) < 4.78 is 0.631. The van der Waals surface area contributed by atoms with Gasteiger partial charge in [0.1, 0.15) is 22.8 Å². The molecule has 3 aliphatic rings. The minimum absolute atomic E-state index is 0.0589.